The van der Waals surface area contributed by atoms with Crippen LogP contribution in [0.4, 0.5) is 11.5 Å². The Morgan fingerprint density at radius 1 is 1.25 bits per heavy atom. The minimum absolute atomic E-state index is 0.239. The van der Waals surface area contributed by atoms with Crippen molar-refractivity contribution in [2.45, 2.75) is 19.8 Å². The van der Waals surface area contributed by atoms with Gasteiger partial charge in [-0.15, -0.1) is 0 Å². The van der Waals surface area contributed by atoms with Gasteiger partial charge in [0.05, 0.1) is 13.0 Å². The molecule has 104 valence electrons. The fourth-order valence-corrected chi connectivity index (χ4v) is 1.84. The Morgan fingerprint density at radius 2 is 1.95 bits per heavy atom. The summed E-state index contributed by atoms with van der Waals surface area (Å²) in [6, 6.07) is 9.49. The molecule has 0 fully saturated rings. The van der Waals surface area contributed by atoms with Crippen molar-refractivity contribution in [2.24, 2.45) is 0 Å². The molecule has 2 rings (SSSR count). The molecule has 0 saturated carbocycles. The first-order valence-electron chi connectivity index (χ1n) is 6.33. The van der Waals surface area contributed by atoms with Crippen LogP contribution < -0.4 is 5.32 Å². The van der Waals surface area contributed by atoms with Gasteiger partial charge in [0, 0.05) is 17.4 Å². The van der Waals surface area contributed by atoms with Crippen LogP contribution in [0.2, 0.25) is 0 Å². The largest absolute Gasteiger partial charge is 0.469 e. The smallest absolute Gasteiger partial charge is 0.312 e. The van der Waals surface area contributed by atoms with Gasteiger partial charge in [-0.2, -0.15) is 0 Å². The predicted octanol–water partition coefficient (Wildman–Crippen LogP) is 2.81. The molecule has 1 aromatic heterocycles. The number of benzene rings is 1. The lowest BCUT2D eigenvalue weighted by Crippen LogP contribution is -2.10. The Labute approximate surface area is 118 Å². The minimum atomic E-state index is -0.268. The lowest BCUT2D eigenvalue weighted by Gasteiger charge is -2.11. The second kappa shape index (κ2) is 6.14. The SMILES string of the molecule is COC(=O)[C@H](C)c1ccc(Nc2cc(C)ncn2)cc1. The molecule has 1 atom stereocenters. The van der Waals surface area contributed by atoms with Crippen LogP contribution in [0.1, 0.15) is 24.1 Å². The van der Waals surface area contributed by atoms with E-state index in [4.69, 9.17) is 4.74 Å². The van der Waals surface area contributed by atoms with Crippen LogP contribution in [-0.4, -0.2) is 23.0 Å². The number of esters is 1. The molecule has 1 N–H and O–H groups in total. The van der Waals surface area contributed by atoms with Crippen molar-refractivity contribution < 1.29 is 9.53 Å². The Hall–Kier alpha value is -2.43. The van der Waals surface area contributed by atoms with E-state index >= 15 is 0 Å². The molecule has 1 aromatic carbocycles. The van der Waals surface area contributed by atoms with Crippen LogP contribution in [0.3, 0.4) is 0 Å². The standard InChI is InChI=1S/C15H17N3O2/c1-10-8-14(17-9-16-10)18-13-6-4-12(5-7-13)11(2)15(19)20-3/h4-9,11H,1-3H3,(H,16,17,18)/t11-/m1/s1. The molecule has 0 aliphatic heterocycles. The van der Waals surface area contributed by atoms with Crippen molar-refractivity contribution in [2.75, 3.05) is 12.4 Å². The highest BCUT2D eigenvalue weighted by Gasteiger charge is 2.15. The van der Waals surface area contributed by atoms with Crippen LogP contribution in [-0.2, 0) is 9.53 Å². The number of ether oxygens (including phenoxy) is 1. The van der Waals surface area contributed by atoms with Crippen molar-refractivity contribution >= 4 is 17.5 Å². The van der Waals surface area contributed by atoms with Crippen molar-refractivity contribution in [1.82, 2.24) is 9.97 Å². The predicted molar refractivity (Wildman–Crippen MR) is 76.9 cm³/mol. The summed E-state index contributed by atoms with van der Waals surface area (Å²) >= 11 is 0. The van der Waals surface area contributed by atoms with Crippen molar-refractivity contribution in [3.05, 3.63) is 47.9 Å². The summed E-state index contributed by atoms with van der Waals surface area (Å²) in [7, 11) is 1.40. The summed E-state index contributed by atoms with van der Waals surface area (Å²) < 4.78 is 4.73. The van der Waals surface area contributed by atoms with Gasteiger partial charge in [0.1, 0.15) is 12.1 Å². The third kappa shape index (κ3) is 3.32. The van der Waals surface area contributed by atoms with Crippen LogP contribution in [0.15, 0.2) is 36.7 Å². The van der Waals surface area contributed by atoms with Gasteiger partial charge in [-0.1, -0.05) is 12.1 Å². The number of hydrogen-bond acceptors (Lipinski definition) is 5. The molecule has 2 aromatic rings. The van der Waals surface area contributed by atoms with E-state index in [0.717, 1.165) is 22.8 Å². The Bertz CT molecular complexity index is 596. The van der Waals surface area contributed by atoms with E-state index < -0.39 is 0 Å². The molecule has 20 heavy (non-hydrogen) atoms. The van der Waals surface area contributed by atoms with Gasteiger partial charge in [-0.25, -0.2) is 9.97 Å². The highest BCUT2D eigenvalue weighted by molar-refractivity contribution is 5.77. The normalized spacial score (nSPS) is 11.8. The summed E-state index contributed by atoms with van der Waals surface area (Å²) in [6.07, 6.45) is 1.52. The molecule has 0 radical (unpaired) electrons. The number of methoxy groups -OCH3 is 1. The van der Waals surface area contributed by atoms with Crippen LogP contribution in [0, 0.1) is 6.92 Å². The molecule has 0 spiro atoms. The molecular weight excluding hydrogens is 254 g/mol. The number of carbonyl (C=O) groups is 1. The average molecular weight is 271 g/mol. The van der Waals surface area contributed by atoms with Gasteiger partial charge in [0.2, 0.25) is 0 Å². The first-order chi connectivity index (χ1) is 9.60. The fraction of sp³-hybridized carbons (Fsp3) is 0.267. The van der Waals surface area contributed by atoms with E-state index in [0.29, 0.717) is 0 Å². The van der Waals surface area contributed by atoms with Crippen LogP contribution >= 0.6 is 0 Å². The molecule has 5 nitrogen and oxygen atoms in total. The van der Waals surface area contributed by atoms with E-state index in [1.54, 1.807) is 0 Å². The van der Waals surface area contributed by atoms with Crippen molar-refractivity contribution in [3.8, 4) is 0 Å². The third-order valence-corrected chi connectivity index (χ3v) is 3.04. The topological polar surface area (TPSA) is 64.1 Å². The second-order valence-corrected chi connectivity index (χ2v) is 4.54. The number of aryl methyl sites for hydroxylation is 1. The molecule has 0 bridgehead atoms. The van der Waals surface area contributed by atoms with Crippen molar-refractivity contribution in [1.29, 1.82) is 0 Å². The number of anilines is 2. The van der Waals surface area contributed by atoms with E-state index in [9.17, 15) is 4.79 Å². The number of hydrogen-bond donors (Lipinski definition) is 1. The number of nitrogens with zero attached hydrogens (tertiary/aromatic N) is 2. The summed E-state index contributed by atoms with van der Waals surface area (Å²) in [5, 5.41) is 3.19. The van der Waals surface area contributed by atoms with Crippen LogP contribution in [0.25, 0.3) is 0 Å². The van der Waals surface area contributed by atoms with Gasteiger partial charge in [0.15, 0.2) is 0 Å². The maximum atomic E-state index is 11.5. The zero-order valence-corrected chi connectivity index (χ0v) is 11.8. The summed E-state index contributed by atoms with van der Waals surface area (Å²) in [5.41, 5.74) is 2.73. The number of rotatable bonds is 4. The van der Waals surface area contributed by atoms with E-state index in [1.165, 1.54) is 13.4 Å². The van der Waals surface area contributed by atoms with E-state index in [1.807, 2.05) is 44.2 Å². The molecule has 5 heteroatoms. The van der Waals surface area contributed by atoms with Crippen molar-refractivity contribution in [3.63, 3.8) is 0 Å². The van der Waals surface area contributed by atoms with E-state index in [2.05, 4.69) is 15.3 Å². The summed E-state index contributed by atoms with van der Waals surface area (Å²) in [6.45, 7) is 3.73. The van der Waals surface area contributed by atoms with Gasteiger partial charge < -0.3 is 10.1 Å². The zero-order valence-electron chi connectivity index (χ0n) is 11.8. The Kier molecular flexibility index (Phi) is 4.30. The lowest BCUT2D eigenvalue weighted by atomic mass is 10.0. The average Bonchev–Trinajstić information content (AvgIpc) is 2.46. The fourth-order valence-electron chi connectivity index (χ4n) is 1.84. The zero-order chi connectivity index (χ0) is 14.5. The first-order valence-corrected chi connectivity index (χ1v) is 6.33. The molecule has 0 aliphatic rings. The maximum absolute atomic E-state index is 11.5. The van der Waals surface area contributed by atoms with Gasteiger partial charge in [-0.05, 0) is 31.5 Å². The minimum Gasteiger partial charge on any atom is -0.469 e. The first kappa shape index (κ1) is 14.0. The number of aromatic nitrogens is 2. The van der Waals surface area contributed by atoms with Gasteiger partial charge >= 0.3 is 5.97 Å². The molecule has 0 aliphatic carbocycles. The van der Waals surface area contributed by atoms with Gasteiger partial charge in [-0.3, -0.25) is 4.79 Å². The quantitative estimate of drug-likeness (QED) is 0.866. The highest BCUT2D eigenvalue weighted by atomic mass is 16.5. The molecular formula is C15H17N3O2. The lowest BCUT2D eigenvalue weighted by molar-refractivity contribution is -0.141. The molecule has 0 unspecified atom stereocenters. The molecule has 1 heterocycles. The Morgan fingerprint density at radius 3 is 2.55 bits per heavy atom. The monoisotopic (exact) mass is 271 g/mol. The molecule has 0 amide bonds. The van der Waals surface area contributed by atoms with Gasteiger partial charge in [0.25, 0.3) is 0 Å². The van der Waals surface area contributed by atoms with E-state index in [-0.39, 0.29) is 11.9 Å². The summed E-state index contributed by atoms with van der Waals surface area (Å²) in [5.74, 6) is 0.235. The summed E-state index contributed by atoms with van der Waals surface area (Å²) in [4.78, 5) is 19.7. The maximum Gasteiger partial charge on any atom is 0.312 e. The Balaban J connectivity index is 2.10. The number of nitrogens with one attached hydrogen (secondary N) is 1. The molecule has 0 saturated heterocycles. The van der Waals surface area contributed by atoms with Crippen LogP contribution in [0.5, 0.6) is 0 Å². The highest BCUT2D eigenvalue weighted by Crippen LogP contribution is 2.21. The second-order valence-electron chi connectivity index (χ2n) is 4.54. The number of carbonyl (C=O) groups excluding carboxylic acids is 1. The third-order valence-electron chi connectivity index (χ3n) is 3.04.